The highest BCUT2D eigenvalue weighted by Crippen LogP contribution is 2.19. The molecule has 1 aromatic heterocycles. The van der Waals surface area contributed by atoms with Crippen molar-refractivity contribution in [2.45, 2.75) is 27.0 Å². The lowest BCUT2D eigenvalue weighted by Crippen LogP contribution is -2.33. The van der Waals surface area contributed by atoms with Crippen LogP contribution < -0.4 is 5.73 Å². The van der Waals surface area contributed by atoms with E-state index in [-0.39, 0.29) is 19.1 Å². The third-order valence-electron chi connectivity index (χ3n) is 3.40. The van der Waals surface area contributed by atoms with Crippen LogP contribution in [-0.2, 0) is 17.9 Å². The van der Waals surface area contributed by atoms with Gasteiger partial charge in [-0.3, -0.25) is 4.79 Å². The molecule has 0 saturated carbocycles. The summed E-state index contributed by atoms with van der Waals surface area (Å²) in [5, 5.41) is 9.42. The number of benzene rings is 1. The van der Waals surface area contributed by atoms with Crippen LogP contribution in [-0.4, -0.2) is 38.6 Å². The predicted octanol–water partition coefficient (Wildman–Crippen LogP) is 0.979. The molecule has 1 aromatic carbocycles. The summed E-state index contributed by atoms with van der Waals surface area (Å²) in [4.78, 5) is 18.3. The molecule has 20 heavy (non-hydrogen) atoms. The van der Waals surface area contributed by atoms with Gasteiger partial charge in [0.1, 0.15) is 19.0 Å². The first-order chi connectivity index (χ1) is 9.60. The second-order valence-corrected chi connectivity index (χ2v) is 4.59. The number of nitrogens with two attached hydrogens (primary N) is 1. The largest absolute Gasteiger partial charge is 0.399 e. The average molecular weight is 276 g/mol. The number of nitrogens with zero attached hydrogens (tertiary/aromatic N) is 3. The van der Waals surface area contributed by atoms with Crippen LogP contribution in [0.5, 0.6) is 0 Å². The van der Waals surface area contributed by atoms with Gasteiger partial charge < -0.3 is 20.3 Å². The van der Waals surface area contributed by atoms with E-state index in [1.54, 1.807) is 21.6 Å². The fourth-order valence-corrected chi connectivity index (χ4v) is 2.31. The molecule has 2 rings (SSSR count). The summed E-state index contributed by atoms with van der Waals surface area (Å²) >= 11 is 0. The average Bonchev–Trinajstić information content (AvgIpc) is 2.77. The highest BCUT2D eigenvalue weighted by molar-refractivity contribution is 5.83. The lowest BCUT2D eigenvalue weighted by molar-refractivity contribution is -0.131. The number of hydrogen-bond acceptors (Lipinski definition) is 4. The van der Waals surface area contributed by atoms with E-state index in [0.717, 1.165) is 5.52 Å². The maximum Gasteiger partial charge on any atom is 0.242 e. The molecule has 2 aromatic rings. The zero-order valence-corrected chi connectivity index (χ0v) is 11.8. The van der Waals surface area contributed by atoms with Gasteiger partial charge in [0.25, 0.3) is 0 Å². The summed E-state index contributed by atoms with van der Waals surface area (Å²) in [5.74, 6) is 0.493. The summed E-state index contributed by atoms with van der Waals surface area (Å²) in [7, 11) is 0. The fraction of sp³-hybridized carbons (Fsp3) is 0.429. The maximum absolute atomic E-state index is 12.2. The normalized spacial score (nSPS) is 10.9. The Kier molecular flexibility index (Phi) is 4.24. The number of carbonyl (C=O) groups excluding carboxylic acids is 1. The van der Waals surface area contributed by atoms with Crippen LogP contribution in [0, 0.1) is 0 Å². The van der Waals surface area contributed by atoms with Gasteiger partial charge in [-0.2, -0.15) is 0 Å². The molecule has 0 aliphatic carbocycles. The van der Waals surface area contributed by atoms with Crippen molar-refractivity contribution in [3.8, 4) is 0 Å². The number of amides is 1. The van der Waals surface area contributed by atoms with Gasteiger partial charge in [0.15, 0.2) is 0 Å². The molecule has 3 N–H and O–H groups in total. The molecule has 0 aliphatic heterocycles. The topological polar surface area (TPSA) is 84.4 Å². The van der Waals surface area contributed by atoms with Gasteiger partial charge in [-0.1, -0.05) is 0 Å². The van der Waals surface area contributed by atoms with Crippen LogP contribution in [0.25, 0.3) is 11.0 Å². The molecule has 0 radical (unpaired) electrons. The SMILES string of the molecule is CCN(CC)C(=O)Cn1c(CO)nc2cc(N)ccc21. The highest BCUT2D eigenvalue weighted by Gasteiger charge is 2.16. The van der Waals surface area contributed by atoms with Gasteiger partial charge >= 0.3 is 0 Å². The second-order valence-electron chi connectivity index (χ2n) is 4.59. The fourth-order valence-electron chi connectivity index (χ4n) is 2.31. The molecule has 0 fully saturated rings. The van der Waals surface area contributed by atoms with E-state index in [9.17, 15) is 9.90 Å². The Morgan fingerprint density at radius 2 is 2.10 bits per heavy atom. The van der Waals surface area contributed by atoms with E-state index in [4.69, 9.17) is 5.73 Å². The summed E-state index contributed by atoms with van der Waals surface area (Å²) in [5.41, 5.74) is 7.85. The number of likely N-dealkylation sites (N-methyl/N-ethyl adjacent to an activating group) is 1. The lowest BCUT2D eigenvalue weighted by Gasteiger charge is -2.19. The standard InChI is InChI=1S/C14H20N4O2/c1-3-17(4-2)14(20)8-18-12-6-5-10(15)7-11(12)16-13(18)9-19/h5-7,19H,3-4,8-9,15H2,1-2H3. The van der Waals surface area contributed by atoms with Gasteiger partial charge in [-0.05, 0) is 32.0 Å². The van der Waals surface area contributed by atoms with E-state index in [1.165, 1.54) is 0 Å². The van der Waals surface area contributed by atoms with Crippen LogP contribution in [0.4, 0.5) is 5.69 Å². The van der Waals surface area contributed by atoms with Crippen LogP contribution in [0.3, 0.4) is 0 Å². The Labute approximate surface area is 117 Å². The molecule has 0 spiro atoms. The van der Waals surface area contributed by atoms with E-state index in [2.05, 4.69) is 4.98 Å². The molecule has 0 bridgehead atoms. The summed E-state index contributed by atoms with van der Waals surface area (Å²) in [6.45, 7) is 5.20. The smallest absolute Gasteiger partial charge is 0.242 e. The van der Waals surface area contributed by atoms with Crippen molar-refractivity contribution in [3.63, 3.8) is 0 Å². The molecule has 0 aliphatic rings. The molecule has 6 nitrogen and oxygen atoms in total. The number of carbonyl (C=O) groups is 1. The van der Waals surface area contributed by atoms with Gasteiger partial charge in [-0.15, -0.1) is 0 Å². The van der Waals surface area contributed by atoms with Crippen molar-refractivity contribution in [1.82, 2.24) is 14.5 Å². The molecular weight excluding hydrogens is 256 g/mol. The van der Waals surface area contributed by atoms with Crippen molar-refractivity contribution in [2.75, 3.05) is 18.8 Å². The molecule has 1 amide bonds. The molecule has 108 valence electrons. The minimum atomic E-state index is -0.208. The maximum atomic E-state index is 12.2. The van der Waals surface area contributed by atoms with Crippen molar-refractivity contribution < 1.29 is 9.90 Å². The summed E-state index contributed by atoms with van der Waals surface area (Å²) in [6, 6.07) is 5.34. The first-order valence-electron chi connectivity index (χ1n) is 6.74. The molecule has 1 heterocycles. The number of aliphatic hydroxyl groups excluding tert-OH is 1. The summed E-state index contributed by atoms with van der Waals surface area (Å²) < 4.78 is 1.75. The Hall–Kier alpha value is -2.08. The summed E-state index contributed by atoms with van der Waals surface area (Å²) in [6.07, 6.45) is 0. The second kappa shape index (κ2) is 5.92. The first kappa shape index (κ1) is 14.3. The molecular formula is C14H20N4O2. The van der Waals surface area contributed by atoms with E-state index >= 15 is 0 Å². The third-order valence-corrected chi connectivity index (χ3v) is 3.40. The van der Waals surface area contributed by atoms with Crippen molar-refractivity contribution >= 4 is 22.6 Å². The van der Waals surface area contributed by atoms with Crippen LogP contribution in [0.1, 0.15) is 19.7 Å². The van der Waals surface area contributed by atoms with Crippen molar-refractivity contribution in [3.05, 3.63) is 24.0 Å². The van der Waals surface area contributed by atoms with E-state index in [0.29, 0.717) is 30.1 Å². The number of aromatic nitrogens is 2. The molecule has 0 unspecified atom stereocenters. The lowest BCUT2D eigenvalue weighted by atomic mass is 10.3. The molecule has 0 atom stereocenters. The number of hydrogen-bond donors (Lipinski definition) is 2. The van der Waals surface area contributed by atoms with Crippen LogP contribution in [0.15, 0.2) is 18.2 Å². The zero-order chi connectivity index (χ0) is 14.7. The minimum absolute atomic E-state index is 0.0147. The number of nitrogen functional groups attached to an aromatic ring is 1. The number of imidazole rings is 1. The van der Waals surface area contributed by atoms with Crippen LogP contribution >= 0.6 is 0 Å². The zero-order valence-electron chi connectivity index (χ0n) is 11.8. The Balaban J connectivity index is 2.40. The monoisotopic (exact) mass is 276 g/mol. The van der Waals surface area contributed by atoms with Gasteiger partial charge in [-0.25, -0.2) is 4.98 Å². The number of aliphatic hydroxyl groups is 1. The Morgan fingerprint density at radius 1 is 1.40 bits per heavy atom. The Bertz CT molecular complexity index is 617. The Morgan fingerprint density at radius 3 is 2.70 bits per heavy atom. The number of rotatable bonds is 5. The van der Waals surface area contributed by atoms with Crippen molar-refractivity contribution in [1.29, 1.82) is 0 Å². The first-order valence-corrected chi connectivity index (χ1v) is 6.74. The van der Waals surface area contributed by atoms with Crippen LogP contribution in [0.2, 0.25) is 0 Å². The van der Waals surface area contributed by atoms with E-state index < -0.39 is 0 Å². The van der Waals surface area contributed by atoms with E-state index in [1.807, 2.05) is 19.9 Å². The quantitative estimate of drug-likeness (QED) is 0.797. The number of anilines is 1. The van der Waals surface area contributed by atoms with Gasteiger partial charge in [0.05, 0.1) is 11.0 Å². The third kappa shape index (κ3) is 2.60. The predicted molar refractivity (Wildman–Crippen MR) is 78.0 cm³/mol. The number of fused-ring (bicyclic) bond motifs is 1. The molecule has 0 saturated heterocycles. The van der Waals surface area contributed by atoms with Gasteiger partial charge in [0.2, 0.25) is 5.91 Å². The molecule has 6 heteroatoms. The minimum Gasteiger partial charge on any atom is -0.399 e. The highest BCUT2D eigenvalue weighted by atomic mass is 16.3. The van der Waals surface area contributed by atoms with Crippen molar-refractivity contribution in [2.24, 2.45) is 0 Å². The van der Waals surface area contributed by atoms with Gasteiger partial charge in [0, 0.05) is 18.8 Å².